The van der Waals surface area contributed by atoms with Crippen molar-refractivity contribution in [2.75, 3.05) is 13.1 Å². The summed E-state index contributed by atoms with van der Waals surface area (Å²) in [5, 5.41) is 0. The van der Waals surface area contributed by atoms with Crippen LogP contribution in [-0.4, -0.2) is 40.3 Å². The van der Waals surface area contributed by atoms with Crippen LogP contribution in [-0.2, 0) is 0 Å². The smallest absolute Gasteiger partial charge is 0.253 e. The first kappa shape index (κ1) is 16.1. The number of likely N-dealkylation sites (tertiary alicyclic amines) is 1. The summed E-state index contributed by atoms with van der Waals surface area (Å²) in [4.78, 5) is 31.3. The predicted octanol–water partition coefficient (Wildman–Crippen LogP) is 3.47. The third-order valence-corrected chi connectivity index (χ3v) is 5.54. The first-order valence-electron chi connectivity index (χ1n) is 9.07. The number of carbonyl (C=O) groups is 2. The molecule has 3 aromatic rings. The number of ether oxygens (including phenoxy) is 1. The molecular formula is C21H18N2O4. The number of carbonyl (C=O) groups excluding carboxylic acids is 2. The van der Waals surface area contributed by atoms with Crippen molar-refractivity contribution < 1.29 is 18.7 Å². The zero-order valence-corrected chi connectivity index (χ0v) is 14.7. The number of aromatic nitrogens is 1. The van der Waals surface area contributed by atoms with E-state index in [1.54, 1.807) is 18.2 Å². The molecule has 2 aromatic carbocycles. The van der Waals surface area contributed by atoms with Crippen molar-refractivity contribution in [2.45, 2.75) is 24.9 Å². The van der Waals surface area contributed by atoms with Crippen molar-refractivity contribution in [1.29, 1.82) is 0 Å². The Morgan fingerprint density at radius 2 is 1.93 bits per heavy atom. The molecule has 1 amide bonds. The van der Waals surface area contributed by atoms with Crippen molar-refractivity contribution in [3.8, 4) is 5.75 Å². The summed E-state index contributed by atoms with van der Waals surface area (Å²) in [5.41, 5.74) is 2.09. The van der Waals surface area contributed by atoms with Gasteiger partial charge in [0, 0.05) is 31.5 Å². The zero-order chi connectivity index (χ0) is 18.4. The molecule has 0 aliphatic carbocycles. The highest BCUT2D eigenvalue weighted by Crippen LogP contribution is 2.39. The molecular weight excluding hydrogens is 344 g/mol. The molecule has 0 bridgehead atoms. The van der Waals surface area contributed by atoms with Crippen LogP contribution >= 0.6 is 0 Å². The maximum Gasteiger partial charge on any atom is 0.253 e. The number of piperidine rings is 1. The van der Waals surface area contributed by atoms with Crippen LogP contribution < -0.4 is 4.74 Å². The van der Waals surface area contributed by atoms with Crippen LogP contribution in [0.2, 0.25) is 0 Å². The van der Waals surface area contributed by atoms with Crippen LogP contribution in [0.1, 0.15) is 40.0 Å². The van der Waals surface area contributed by atoms with E-state index in [1.165, 1.54) is 6.39 Å². The highest BCUT2D eigenvalue weighted by atomic mass is 16.5. The van der Waals surface area contributed by atoms with Gasteiger partial charge in [-0.2, -0.15) is 0 Å². The normalized spacial score (nSPS) is 18.4. The predicted molar refractivity (Wildman–Crippen MR) is 97.9 cm³/mol. The average molecular weight is 362 g/mol. The largest absolute Gasteiger partial charge is 0.486 e. The highest BCUT2D eigenvalue weighted by molar-refractivity contribution is 6.00. The van der Waals surface area contributed by atoms with Gasteiger partial charge in [-0.05, 0) is 30.3 Å². The maximum atomic E-state index is 12.9. The van der Waals surface area contributed by atoms with Gasteiger partial charge in [0.2, 0.25) is 0 Å². The van der Waals surface area contributed by atoms with Gasteiger partial charge in [0.25, 0.3) is 5.91 Å². The van der Waals surface area contributed by atoms with E-state index in [0.29, 0.717) is 60.3 Å². The lowest BCUT2D eigenvalue weighted by atomic mass is 9.82. The van der Waals surface area contributed by atoms with E-state index >= 15 is 0 Å². The number of hydrogen-bond donors (Lipinski definition) is 0. The standard InChI is InChI=1S/C21H18N2O4/c24-17-12-21(27-18-4-2-1-3-15(17)18)7-9-23(10-8-21)20(25)14-5-6-19-16(11-14)22-13-26-19/h1-6,11,13H,7-10,12H2. The molecule has 1 spiro atoms. The second-order valence-electron chi connectivity index (χ2n) is 7.21. The summed E-state index contributed by atoms with van der Waals surface area (Å²) in [6.45, 7) is 1.12. The molecule has 5 rings (SSSR count). The van der Waals surface area contributed by atoms with Gasteiger partial charge in [-0.3, -0.25) is 9.59 Å². The van der Waals surface area contributed by atoms with Crippen molar-refractivity contribution in [2.24, 2.45) is 0 Å². The van der Waals surface area contributed by atoms with Gasteiger partial charge in [0.15, 0.2) is 17.8 Å². The molecule has 0 atom stereocenters. The van der Waals surface area contributed by atoms with E-state index in [0.717, 1.165) is 0 Å². The number of amides is 1. The molecule has 1 saturated heterocycles. The average Bonchev–Trinajstić information content (AvgIpc) is 3.16. The van der Waals surface area contributed by atoms with Gasteiger partial charge in [-0.1, -0.05) is 12.1 Å². The first-order chi connectivity index (χ1) is 13.1. The Labute approximate surface area is 155 Å². The van der Waals surface area contributed by atoms with Gasteiger partial charge < -0.3 is 14.1 Å². The van der Waals surface area contributed by atoms with Crippen molar-refractivity contribution in [3.05, 3.63) is 60.0 Å². The summed E-state index contributed by atoms with van der Waals surface area (Å²) >= 11 is 0. The molecule has 0 radical (unpaired) electrons. The van der Waals surface area contributed by atoms with E-state index in [9.17, 15) is 9.59 Å². The maximum absolute atomic E-state index is 12.9. The number of ketones is 1. The number of rotatable bonds is 1. The number of para-hydroxylation sites is 1. The SMILES string of the molecule is O=C1CC2(CCN(C(=O)c3ccc4ocnc4c3)CC2)Oc2ccccc21. The van der Waals surface area contributed by atoms with Gasteiger partial charge in [0.05, 0.1) is 12.0 Å². The van der Waals surface area contributed by atoms with Crippen molar-refractivity contribution in [1.82, 2.24) is 9.88 Å². The van der Waals surface area contributed by atoms with Crippen molar-refractivity contribution in [3.63, 3.8) is 0 Å². The fourth-order valence-corrected chi connectivity index (χ4v) is 4.01. The summed E-state index contributed by atoms with van der Waals surface area (Å²) in [7, 11) is 0. The Morgan fingerprint density at radius 3 is 2.78 bits per heavy atom. The number of fused-ring (bicyclic) bond motifs is 2. The van der Waals surface area contributed by atoms with Crippen molar-refractivity contribution >= 4 is 22.8 Å². The van der Waals surface area contributed by atoms with E-state index in [2.05, 4.69) is 4.98 Å². The van der Waals surface area contributed by atoms with E-state index in [1.807, 2.05) is 29.2 Å². The Balaban J connectivity index is 1.33. The van der Waals surface area contributed by atoms with Crippen LogP contribution in [0.25, 0.3) is 11.1 Å². The molecule has 1 aromatic heterocycles. The molecule has 1 fully saturated rings. The molecule has 0 saturated carbocycles. The fraction of sp³-hybridized carbons (Fsp3) is 0.286. The van der Waals surface area contributed by atoms with Gasteiger partial charge in [-0.15, -0.1) is 0 Å². The summed E-state index contributed by atoms with van der Waals surface area (Å²) in [5.74, 6) is 0.746. The summed E-state index contributed by atoms with van der Waals surface area (Å²) < 4.78 is 11.5. The number of hydrogen-bond acceptors (Lipinski definition) is 5. The molecule has 6 heteroatoms. The monoisotopic (exact) mass is 362 g/mol. The lowest BCUT2D eigenvalue weighted by Crippen LogP contribution is -2.52. The fourth-order valence-electron chi connectivity index (χ4n) is 4.01. The van der Waals surface area contributed by atoms with Crippen LogP contribution in [0, 0.1) is 0 Å². The molecule has 27 heavy (non-hydrogen) atoms. The topological polar surface area (TPSA) is 72.6 Å². The number of benzene rings is 2. The molecule has 3 heterocycles. The molecule has 2 aliphatic heterocycles. The minimum absolute atomic E-state index is 0.0303. The quantitative estimate of drug-likeness (QED) is 0.663. The molecule has 2 aliphatic rings. The Hall–Kier alpha value is -3.15. The van der Waals surface area contributed by atoms with E-state index < -0.39 is 5.60 Å². The number of Topliss-reactive ketones (excluding diaryl/α,β-unsaturated/α-hetero) is 1. The van der Waals surface area contributed by atoms with Gasteiger partial charge in [0.1, 0.15) is 16.9 Å². The Bertz CT molecular complexity index is 1050. The van der Waals surface area contributed by atoms with Crippen LogP contribution in [0.4, 0.5) is 0 Å². The van der Waals surface area contributed by atoms with E-state index in [-0.39, 0.29) is 11.7 Å². The van der Waals surface area contributed by atoms with Crippen LogP contribution in [0.15, 0.2) is 53.3 Å². The summed E-state index contributed by atoms with van der Waals surface area (Å²) in [6.07, 6.45) is 3.03. The molecule has 0 unspecified atom stereocenters. The lowest BCUT2D eigenvalue weighted by molar-refractivity contribution is -0.00570. The number of nitrogens with zero attached hydrogens (tertiary/aromatic N) is 2. The number of oxazole rings is 1. The van der Waals surface area contributed by atoms with Crippen LogP contribution in [0.5, 0.6) is 5.75 Å². The Morgan fingerprint density at radius 1 is 1.11 bits per heavy atom. The molecule has 6 nitrogen and oxygen atoms in total. The van der Waals surface area contributed by atoms with Gasteiger partial charge >= 0.3 is 0 Å². The molecule has 136 valence electrons. The summed E-state index contributed by atoms with van der Waals surface area (Å²) in [6, 6.07) is 12.7. The highest BCUT2D eigenvalue weighted by Gasteiger charge is 2.43. The minimum atomic E-state index is -0.502. The lowest BCUT2D eigenvalue weighted by Gasteiger charge is -2.44. The van der Waals surface area contributed by atoms with Gasteiger partial charge in [-0.25, -0.2) is 4.98 Å². The zero-order valence-electron chi connectivity index (χ0n) is 14.7. The first-order valence-corrected chi connectivity index (χ1v) is 9.07. The minimum Gasteiger partial charge on any atom is -0.486 e. The molecule has 0 N–H and O–H groups in total. The Kier molecular flexibility index (Phi) is 3.53. The van der Waals surface area contributed by atoms with Crippen LogP contribution in [0.3, 0.4) is 0 Å². The second-order valence-corrected chi connectivity index (χ2v) is 7.21. The third-order valence-electron chi connectivity index (χ3n) is 5.54. The van der Waals surface area contributed by atoms with E-state index in [4.69, 9.17) is 9.15 Å². The third kappa shape index (κ3) is 2.68. The second kappa shape index (κ2) is 5.94.